The van der Waals surface area contributed by atoms with Crippen molar-refractivity contribution in [2.45, 2.75) is 259 Å². The molecule has 4 nitrogen and oxygen atoms in total. The molecule has 72 heavy (non-hydrogen) atoms. The second-order valence-electron chi connectivity index (χ2n) is 21.6. The Hall–Kier alpha value is -3.92. The average molecular weight is 986 g/mol. The van der Waals surface area contributed by atoms with E-state index in [2.05, 4.69) is 100 Å². The Labute approximate surface area is 442 Å². The van der Waals surface area contributed by atoms with Crippen LogP contribution >= 0.6 is 0 Å². The lowest BCUT2D eigenvalue weighted by molar-refractivity contribution is 0.292. The Balaban J connectivity index is 1.48. The predicted octanol–water partition coefficient (Wildman–Crippen LogP) is 20.4. The van der Waals surface area contributed by atoms with Crippen LogP contribution < -0.4 is 18.9 Å². The summed E-state index contributed by atoms with van der Waals surface area (Å²) in [6.45, 7) is 12.1. The summed E-state index contributed by atoms with van der Waals surface area (Å²) in [5, 5.41) is 0. The van der Waals surface area contributed by atoms with E-state index < -0.39 is 0 Å². The van der Waals surface area contributed by atoms with E-state index in [4.69, 9.17) is 18.9 Å². The van der Waals surface area contributed by atoms with Gasteiger partial charge in [0.1, 0.15) is 23.0 Å². The fourth-order valence-corrected chi connectivity index (χ4v) is 10.9. The van der Waals surface area contributed by atoms with Crippen molar-refractivity contribution in [1.82, 2.24) is 0 Å². The molecule has 0 amide bonds. The fourth-order valence-electron chi connectivity index (χ4n) is 10.9. The van der Waals surface area contributed by atoms with Crippen LogP contribution in [0.2, 0.25) is 0 Å². The third-order valence-corrected chi connectivity index (χ3v) is 15.2. The molecule has 5 rings (SSSR count). The zero-order valence-electron chi connectivity index (χ0n) is 46.8. The minimum Gasteiger partial charge on any atom is -0.493 e. The number of hydrogen-bond acceptors (Lipinski definition) is 4. The fraction of sp³-hybridized carbons (Fsp3) is 0.647. The van der Waals surface area contributed by atoms with Gasteiger partial charge in [-0.05, 0) is 70.2 Å². The van der Waals surface area contributed by atoms with Gasteiger partial charge < -0.3 is 18.9 Å². The van der Waals surface area contributed by atoms with Crippen molar-refractivity contribution >= 4 is 0 Å². The highest BCUT2D eigenvalue weighted by atomic mass is 16.5. The molecule has 0 saturated heterocycles. The molecule has 0 atom stereocenters. The summed E-state index contributed by atoms with van der Waals surface area (Å²) in [4.78, 5) is 0. The smallest absolute Gasteiger partial charge is 0.126 e. The molecule has 0 spiro atoms. The van der Waals surface area contributed by atoms with Crippen molar-refractivity contribution in [3.63, 3.8) is 0 Å². The Bertz CT molecular complexity index is 1630. The van der Waals surface area contributed by atoms with Crippen LogP contribution in [0.4, 0.5) is 0 Å². The van der Waals surface area contributed by atoms with Gasteiger partial charge in [-0.1, -0.05) is 280 Å². The molecule has 0 radical (unpaired) electrons. The summed E-state index contributed by atoms with van der Waals surface area (Å²) in [7, 11) is 0. The van der Waals surface area contributed by atoms with E-state index in [0.717, 1.165) is 101 Å². The lowest BCUT2D eigenvalue weighted by Gasteiger charge is -2.23. The van der Waals surface area contributed by atoms with E-state index in [-0.39, 0.29) is 0 Å². The molecule has 0 fully saturated rings. The molecule has 0 unspecified atom stereocenters. The number of benzene rings is 4. The van der Waals surface area contributed by atoms with Crippen LogP contribution in [-0.2, 0) is 25.7 Å². The summed E-state index contributed by atoms with van der Waals surface area (Å²) >= 11 is 0. The zero-order valence-corrected chi connectivity index (χ0v) is 46.8. The summed E-state index contributed by atoms with van der Waals surface area (Å²) in [5.74, 6) is 4.20. The maximum absolute atomic E-state index is 7.04. The Kier molecular flexibility index (Phi) is 30.9. The quantitative estimate of drug-likeness (QED) is 0.0367. The average Bonchev–Trinajstić information content (AvgIpc) is 3.39. The molecule has 0 N–H and O–H groups in total. The maximum atomic E-state index is 7.04. The van der Waals surface area contributed by atoms with Gasteiger partial charge in [0.25, 0.3) is 0 Å². The highest BCUT2D eigenvalue weighted by Crippen LogP contribution is 2.39. The summed E-state index contributed by atoms with van der Waals surface area (Å²) in [6.07, 6.45) is 44.1. The number of hydrogen-bond donors (Lipinski definition) is 0. The van der Waals surface area contributed by atoms with Crippen molar-refractivity contribution in [3.05, 3.63) is 117 Å². The van der Waals surface area contributed by atoms with Crippen molar-refractivity contribution in [2.75, 3.05) is 26.4 Å². The van der Waals surface area contributed by atoms with Crippen LogP contribution in [0.5, 0.6) is 23.0 Å². The van der Waals surface area contributed by atoms with Gasteiger partial charge in [-0.3, -0.25) is 0 Å². The third-order valence-electron chi connectivity index (χ3n) is 15.2. The van der Waals surface area contributed by atoms with Crippen molar-refractivity contribution in [2.24, 2.45) is 0 Å². The van der Waals surface area contributed by atoms with E-state index in [9.17, 15) is 0 Å². The molecule has 0 aliphatic heterocycles. The lowest BCUT2D eigenvalue weighted by atomic mass is 9.91. The standard InChI is InChI=1S/C68H104O4/c1-5-9-13-17-21-25-29-33-49-69-65-57-41-37-42-58(65)54-60-44-39-46-62(67(60)71-51-35-31-27-23-19-15-11-7-3)56-64-48-40-47-63(68(64)72-52-36-32-28-24-20-16-12-8-4)55-61-45-38-43-59(53-57)66(61)70-50-34-30-26-22-18-14-10-6-2/h37-48H,5-36,49-56H2,1-4H3. The van der Waals surface area contributed by atoms with Crippen molar-refractivity contribution in [1.29, 1.82) is 0 Å². The first kappa shape index (κ1) is 59.0. The first-order valence-corrected chi connectivity index (χ1v) is 30.6. The third kappa shape index (κ3) is 22.3. The van der Waals surface area contributed by atoms with Gasteiger partial charge in [-0.2, -0.15) is 0 Å². The van der Waals surface area contributed by atoms with Crippen LogP contribution in [0.15, 0.2) is 72.8 Å². The Morgan fingerprint density at radius 2 is 0.375 bits per heavy atom. The number of unbranched alkanes of at least 4 members (excludes halogenated alkanes) is 28. The first-order valence-electron chi connectivity index (χ1n) is 30.6. The van der Waals surface area contributed by atoms with Gasteiger partial charge >= 0.3 is 0 Å². The molecule has 4 aromatic rings. The minimum absolute atomic E-state index is 0.735. The lowest BCUT2D eigenvalue weighted by Crippen LogP contribution is -2.10. The zero-order chi connectivity index (χ0) is 50.5. The second kappa shape index (κ2) is 37.8. The highest BCUT2D eigenvalue weighted by molar-refractivity contribution is 5.56. The topological polar surface area (TPSA) is 36.9 Å². The van der Waals surface area contributed by atoms with Gasteiger partial charge in [0.2, 0.25) is 0 Å². The molecule has 4 heteroatoms. The molecule has 400 valence electrons. The monoisotopic (exact) mass is 985 g/mol. The highest BCUT2D eigenvalue weighted by Gasteiger charge is 2.22. The van der Waals surface area contributed by atoms with Gasteiger partial charge in [0, 0.05) is 25.7 Å². The molecular formula is C68H104O4. The summed E-state index contributed by atoms with van der Waals surface area (Å²) in [5.41, 5.74) is 9.91. The Morgan fingerprint density at radius 1 is 0.222 bits per heavy atom. The van der Waals surface area contributed by atoms with E-state index in [1.54, 1.807) is 0 Å². The van der Waals surface area contributed by atoms with Gasteiger partial charge in [0.05, 0.1) is 26.4 Å². The molecule has 1 aliphatic carbocycles. The van der Waals surface area contributed by atoms with Crippen molar-refractivity contribution in [3.8, 4) is 23.0 Å². The van der Waals surface area contributed by atoms with Crippen LogP contribution in [0.25, 0.3) is 0 Å². The maximum Gasteiger partial charge on any atom is 0.126 e. The van der Waals surface area contributed by atoms with Crippen LogP contribution in [0, 0.1) is 0 Å². The molecular weight excluding hydrogens is 881 g/mol. The predicted molar refractivity (Wildman–Crippen MR) is 309 cm³/mol. The number of rotatable bonds is 40. The summed E-state index contributed by atoms with van der Waals surface area (Å²) in [6, 6.07) is 27.5. The molecule has 1 aliphatic rings. The molecule has 0 saturated carbocycles. The van der Waals surface area contributed by atoms with Gasteiger partial charge in [-0.25, -0.2) is 0 Å². The minimum atomic E-state index is 0.735. The van der Waals surface area contributed by atoms with Gasteiger partial charge in [-0.15, -0.1) is 0 Å². The van der Waals surface area contributed by atoms with Gasteiger partial charge in [0.15, 0.2) is 0 Å². The second-order valence-corrected chi connectivity index (χ2v) is 21.6. The first-order chi connectivity index (χ1) is 35.7. The number of fused-ring (bicyclic) bond motifs is 8. The van der Waals surface area contributed by atoms with E-state index in [0.29, 0.717) is 0 Å². The number of para-hydroxylation sites is 4. The van der Waals surface area contributed by atoms with Crippen molar-refractivity contribution < 1.29 is 18.9 Å². The van der Waals surface area contributed by atoms with E-state index in [1.165, 1.54) is 224 Å². The molecule has 0 aromatic heterocycles. The molecule has 4 aromatic carbocycles. The molecule has 0 heterocycles. The van der Waals surface area contributed by atoms with E-state index >= 15 is 0 Å². The summed E-state index contributed by atoms with van der Waals surface area (Å²) < 4.78 is 28.2. The van der Waals surface area contributed by atoms with Crippen LogP contribution in [-0.4, -0.2) is 26.4 Å². The van der Waals surface area contributed by atoms with Crippen LogP contribution in [0.1, 0.15) is 278 Å². The normalized spacial score (nSPS) is 12.3. The Morgan fingerprint density at radius 3 is 0.542 bits per heavy atom. The SMILES string of the molecule is CCCCCCCCCCOc1c2cccc1Cc1cccc(c1OCCCCCCCCCC)Cc1cccc(c1OCCCCCCCCCC)Cc1cccc(c1OCCCCCCCCCC)C2. The number of ether oxygens (including phenoxy) is 4. The largest absolute Gasteiger partial charge is 0.493 e. The molecule has 8 bridgehead atoms. The van der Waals surface area contributed by atoms with E-state index in [1.807, 2.05) is 0 Å². The van der Waals surface area contributed by atoms with Crippen LogP contribution in [0.3, 0.4) is 0 Å².